The quantitative estimate of drug-likeness (QED) is 0.417. The molecular formula is C26H19NO2. The zero-order valence-electron chi connectivity index (χ0n) is 15.7. The Balaban J connectivity index is 0.000000145. The summed E-state index contributed by atoms with van der Waals surface area (Å²) < 4.78 is 0. The van der Waals surface area contributed by atoms with Crippen LogP contribution in [0.3, 0.4) is 0 Å². The second-order valence-corrected chi connectivity index (χ2v) is 6.61. The molecule has 0 atom stereocenters. The molecule has 0 saturated heterocycles. The Kier molecular flexibility index (Phi) is 5.30. The third-order valence-corrected chi connectivity index (χ3v) is 4.67. The number of carbonyl (C=O) groups excluding carboxylic acids is 2. The molecule has 0 saturated carbocycles. The summed E-state index contributed by atoms with van der Waals surface area (Å²) in [4.78, 5) is 24.2. The van der Waals surface area contributed by atoms with Crippen LogP contribution in [0, 0.1) is 0 Å². The second kappa shape index (κ2) is 8.36. The molecule has 0 amide bonds. The highest BCUT2D eigenvalue weighted by atomic mass is 16.1. The van der Waals surface area contributed by atoms with Crippen molar-refractivity contribution in [2.45, 2.75) is 0 Å². The van der Waals surface area contributed by atoms with Crippen molar-refractivity contribution in [3.05, 3.63) is 131 Å². The van der Waals surface area contributed by atoms with Crippen LogP contribution < -0.4 is 5.32 Å². The first-order valence-electron chi connectivity index (χ1n) is 9.38. The van der Waals surface area contributed by atoms with Gasteiger partial charge in [0.05, 0.1) is 0 Å². The van der Waals surface area contributed by atoms with Crippen molar-refractivity contribution >= 4 is 22.9 Å². The van der Waals surface area contributed by atoms with E-state index in [0.717, 1.165) is 11.4 Å². The van der Waals surface area contributed by atoms with Crippen LogP contribution in [-0.4, -0.2) is 11.6 Å². The molecule has 0 radical (unpaired) electrons. The zero-order valence-corrected chi connectivity index (χ0v) is 15.7. The Morgan fingerprint density at radius 3 is 0.966 bits per heavy atom. The Hall–Kier alpha value is -3.98. The average molecular weight is 377 g/mol. The van der Waals surface area contributed by atoms with Crippen molar-refractivity contribution in [3.63, 3.8) is 0 Å². The maximum Gasteiger partial charge on any atom is 0.194 e. The van der Waals surface area contributed by atoms with Gasteiger partial charge in [-0.15, -0.1) is 0 Å². The van der Waals surface area contributed by atoms with E-state index in [4.69, 9.17) is 0 Å². The van der Waals surface area contributed by atoms with Gasteiger partial charge in [0.1, 0.15) is 0 Å². The van der Waals surface area contributed by atoms with Gasteiger partial charge in [-0.25, -0.2) is 0 Å². The number of benzene rings is 4. The first-order chi connectivity index (χ1) is 14.2. The molecule has 0 bridgehead atoms. The third-order valence-electron chi connectivity index (χ3n) is 4.67. The lowest BCUT2D eigenvalue weighted by Crippen LogP contribution is -2.20. The molecule has 4 aromatic rings. The standard InChI is InChI=1S/C14H8O2.C12H11N/c15-13-9-5-1-2-6-10(9)14(16)12-8-4-3-7-11(12)13;1-3-7-11(8-4-1)13-12-9-5-2-6-10-12/h1-8H;1-10,13H. The second-order valence-electron chi connectivity index (χ2n) is 6.61. The van der Waals surface area contributed by atoms with E-state index in [1.165, 1.54) is 0 Å². The van der Waals surface area contributed by atoms with Gasteiger partial charge in [-0.05, 0) is 24.3 Å². The summed E-state index contributed by atoms with van der Waals surface area (Å²) in [5.74, 6) is -0.128. The van der Waals surface area contributed by atoms with E-state index < -0.39 is 0 Å². The highest BCUT2D eigenvalue weighted by Crippen LogP contribution is 2.26. The van der Waals surface area contributed by atoms with Crippen molar-refractivity contribution in [1.82, 2.24) is 0 Å². The fourth-order valence-corrected chi connectivity index (χ4v) is 3.26. The summed E-state index contributed by atoms with van der Waals surface area (Å²) in [5.41, 5.74) is 4.26. The molecular weight excluding hydrogens is 358 g/mol. The highest BCUT2D eigenvalue weighted by molar-refractivity contribution is 6.28. The number of nitrogens with one attached hydrogen (secondary N) is 1. The molecule has 3 heteroatoms. The molecule has 140 valence electrons. The molecule has 0 aliphatic heterocycles. The molecule has 0 fully saturated rings. The van der Waals surface area contributed by atoms with Crippen LogP contribution in [0.25, 0.3) is 0 Å². The van der Waals surface area contributed by atoms with Crippen molar-refractivity contribution in [2.24, 2.45) is 0 Å². The third kappa shape index (κ3) is 3.99. The Morgan fingerprint density at radius 2 is 0.655 bits per heavy atom. The van der Waals surface area contributed by atoms with Crippen LogP contribution >= 0.6 is 0 Å². The predicted molar refractivity (Wildman–Crippen MR) is 116 cm³/mol. The summed E-state index contributed by atoms with van der Waals surface area (Å²) in [7, 11) is 0. The van der Waals surface area contributed by atoms with E-state index in [1.807, 2.05) is 60.7 Å². The minimum atomic E-state index is -0.0641. The Bertz CT molecular complexity index is 1010. The molecule has 0 unspecified atom stereocenters. The molecule has 4 aromatic carbocycles. The summed E-state index contributed by atoms with van der Waals surface area (Å²) in [5, 5.41) is 3.30. The molecule has 1 N–H and O–H groups in total. The van der Waals surface area contributed by atoms with Gasteiger partial charge in [-0.2, -0.15) is 0 Å². The van der Waals surface area contributed by atoms with E-state index in [0.29, 0.717) is 22.3 Å². The molecule has 5 rings (SSSR count). The topological polar surface area (TPSA) is 46.2 Å². The lowest BCUT2D eigenvalue weighted by molar-refractivity contribution is 0.0979. The average Bonchev–Trinajstić information content (AvgIpc) is 2.79. The molecule has 0 spiro atoms. The monoisotopic (exact) mass is 377 g/mol. The number of anilines is 2. The van der Waals surface area contributed by atoms with Gasteiger partial charge in [0.15, 0.2) is 11.6 Å². The van der Waals surface area contributed by atoms with Crippen molar-refractivity contribution in [1.29, 1.82) is 0 Å². The van der Waals surface area contributed by atoms with Gasteiger partial charge in [0, 0.05) is 33.6 Å². The summed E-state index contributed by atoms with van der Waals surface area (Å²) in [6.07, 6.45) is 0. The number of fused-ring (bicyclic) bond motifs is 2. The number of para-hydroxylation sites is 2. The van der Waals surface area contributed by atoms with Gasteiger partial charge in [-0.3, -0.25) is 9.59 Å². The molecule has 1 aliphatic carbocycles. The SMILES string of the molecule is O=C1c2ccccc2C(=O)c2ccccc21.c1ccc(Nc2ccccc2)cc1. The van der Waals surface area contributed by atoms with Crippen molar-refractivity contribution < 1.29 is 9.59 Å². The zero-order chi connectivity index (χ0) is 20.1. The van der Waals surface area contributed by atoms with Crippen molar-refractivity contribution in [2.75, 3.05) is 5.32 Å². The van der Waals surface area contributed by atoms with Crippen LogP contribution in [0.5, 0.6) is 0 Å². The van der Waals surface area contributed by atoms with Crippen LogP contribution in [0.2, 0.25) is 0 Å². The van der Waals surface area contributed by atoms with E-state index >= 15 is 0 Å². The van der Waals surface area contributed by atoms with E-state index in [1.54, 1.807) is 48.5 Å². The molecule has 3 nitrogen and oxygen atoms in total. The largest absolute Gasteiger partial charge is 0.356 e. The van der Waals surface area contributed by atoms with Crippen molar-refractivity contribution in [3.8, 4) is 0 Å². The van der Waals surface area contributed by atoms with Gasteiger partial charge in [-0.1, -0.05) is 84.9 Å². The van der Waals surface area contributed by atoms with E-state index in [9.17, 15) is 9.59 Å². The smallest absolute Gasteiger partial charge is 0.194 e. The van der Waals surface area contributed by atoms with Gasteiger partial charge in [0.25, 0.3) is 0 Å². The minimum absolute atomic E-state index is 0.0641. The Labute approximate surface area is 169 Å². The minimum Gasteiger partial charge on any atom is -0.356 e. The van der Waals surface area contributed by atoms with Gasteiger partial charge >= 0.3 is 0 Å². The maximum atomic E-state index is 12.1. The number of rotatable bonds is 2. The Morgan fingerprint density at radius 1 is 0.379 bits per heavy atom. The number of hydrogen-bond acceptors (Lipinski definition) is 3. The predicted octanol–water partition coefficient (Wildman–Crippen LogP) is 5.89. The highest BCUT2D eigenvalue weighted by Gasteiger charge is 2.28. The van der Waals surface area contributed by atoms with Crippen LogP contribution in [-0.2, 0) is 0 Å². The van der Waals surface area contributed by atoms with Crippen LogP contribution in [0.1, 0.15) is 31.8 Å². The van der Waals surface area contributed by atoms with E-state index in [-0.39, 0.29) is 11.6 Å². The van der Waals surface area contributed by atoms with Crippen LogP contribution in [0.4, 0.5) is 11.4 Å². The summed E-state index contributed by atoms with van der Waals surface area (Å²) >= 11 is 0. The lowest BCUT2D eigenvalue weighted by Gasteiger charge is -2.16. The maximum absolute atomic E-state index is 12.1. The molecule has 29 heavy (non-hydrogen) atoms. The van der Waals surface area contributed by atoms with Gasteiger partial charge < -0.3 is 5.32 Å². The molecule has 0 heterocycles. The number of ketones is 2. The lowest BCUT2D eigenvalue weighted by atomic mass is 9.84. The first kappa shape index (κ1) is 18.4. The van der Waals surface area contributed by atoms with E-state index in [2.05, 4.69) is 5.32 Å². The fourth-order valence-electron chi connectivity index (χ4n) is 3.26. The molecule has 0 aromatic heterocycles. The van der Waals surface area contributed by atoms with Gasteiger partial charge in [0.2, 0.25) is 0 Å². The number of hydrogen-bond donors (Lipinski definition) is 1. The normalized spacial score (nSPS) is 11.6. The van der Waals surface area contributed by atoms with Crippen LogP contribution in [0.15, 0.2) is 109 Å². The molecule has 1 aliphatic rings. The first-order valence-corrected chi connectivity index (χ1v) is 9.38. The number of carbonyl (C=O) groups is 2. The summed E-state index contributed by atoms with van der Waals surface area (Å²) in [6, 6.07) is 34.2. The summed E-state index contributed by atoms with van der Waals surface area (Å²) in [6.45, 7) is 0. The fraction of sp³-hybridized carbons (Fsp3) is 0.